The van der Waals surface area contributed by atoms with Crippen LogP contribution in [0.4, 0.5) is 10.8 Å². The van der Waals surface area contributed by atoms with Crippen LogP contribution in [-0.2, 0) is 4.79 Å². The van der Waals surface area contributed by atoms with E-state index in [0.29, 0.717) is 24.5 Å². The molecule has 3 aliphatic rings. The molecule has 2 aliphatic heterocycles. The molecular weight excluding hydrogens is 468 g/mol. The molecule has 2 unspecified atom stereocenters. The number of allylic oxidation sites excluding steroid dienone is 1. The Balaban J connectivity index is 0.000000247. The monoisotopic (exact) mass is 510 g/mol. The lowest BCUT2D eigenvalue weighted by molar-refractivity contribution is -0.0980. The van der Waals surface area contributed by atoms with Gasteiger partial charge in [0, 0.05) is 56.9 Å². The number of para-hydroxylation sites is 1. The molecule has 3 heterocycles. The van der Waals surface area contributed by atoms with Crippen molar-refractivity contribution in [1.29, 1.82) is 5.41 Å². The predicted octanol–water partition coefficient (Wildman–Crippen LogP) is 4.26. The van der Waals surface area contributed by atoms with Crippen molar-refractivity contribution in [2.75, 3.05) is 44.7 Å². The van der Waals surface area contributed by atoms with Crippen molar-refractivity contribution in [2.45, 2.75) is 58.5 Å². The van der Waals surface area contributed by atoms with E-state index in [2.05, 4.69) is 35.6 Å². The molecule has 1 aliphatic carbocycles. The highest BCUT2D eigenvalue weighted by molar-refractivity contribution is 5.98. The first-order chi connectivity index (χ1) is 17.8. The third-order valence-electron chi connectivity index (χ3n) is 7.61. The van der Waals surface area contributed by atoms with E-state index in [4.69, 9.17) is 14.6 Å². The van der Waals surface area contributed by atoms with Gasteiger partial charge in [-0.25, -0.2) is 4.79 Å². The third-order valence-corrected chi connectivity index (χ3v) is 7.61. The molecule has 2 amide bonds. The van der Waals surface area contributed by atoms with Crippen molar-refractivity contribution in [3.8, 4) is 0 Å². The number of carbonyl (C=O) groups excluding carboxylic acids is 2. The number of hydrogen-bond acceptors (Lipinski definition) is 7. The number of rotatable bonds is 2. The van der Waals surface area contributed by atoms with E-state index in [1.54, 1.807) is 0 Å². The quantitative estimate of drug-likeness (QED) is 0.625. The highest BCUT2D eigenvalue weighted by Crippen LogP contribution is 2.27. The van der Waals surface area contributed by atoms with Gasteiger partial charge in [0.15, 0.2) is 5.58 Å². The average Bonchev–Trinajstić information content (AvgIpc) is 3.59. The van der Waals surface area contributed by atoms with E-state index < -0.39 is 0 Å². The summed E-state index contributed by atoms with van der Waals surface area (Å²) < 4.78 is 5.96. The fraction of sp³-hybridized carbons (Fsp3) is 0.571. The zero-order valence-electron chi connectivity index (χ0n) is 22.8. The van der Waals surface area contributed by atoms with Crippen LogP contribution in [0.25, 0.3) is 11.1 Å². The Morgan fingerprint density at radius 1 is 1.14 bits per heavy atom. The molecule has 0 spiro atoms. The smallest absolute Gasteiger partial charge is 0.320 e. The van der Waals surface area contributed by atoms with Gasteiger partial charge in [-0.2, -0.15) is 4.98 Å². The van der Waals surface area contributed by atoms with Crippen molar-refractivity contribution >= 4 is 35.6 Å². The van der Waals surface area contributed by atoms with Crippen molar-refractivity contribution < 1.29 is 14.0 Å². The van der Waals surface area contributed by atoms with Gasteiger partial charge in [0.1, 0.15) is 12.3 Å². The molecule has 5 rings (SSSR count). The van der Waals surface area contributed by atoms with Gasteiger partial charge in [-0.15, -0.1) is 0 Å². The summed E-state index contributed by atoms with van der Waals surface area (Å²) in [4.78, 5) is 31.4. The third kappa shape index (κ3) is 6.57. The molecular formula is C28H42N6O3. The van der Waals surface area contributed by atoms with Crippen molar-refractivity contribution in [3.63, 3.8) is 0 Å². The number of hydrogen-bond donors (Lipinski definition) is 2. The summed E-state index contributed by atoms with van der Waals surface area (Å²) in [5.74, 6) is 0.480. The molecule has 2 aromatic rings. The largest absolute Gasteiger partial charge is 0.423 e. The zero-order valence-corrected chi connectivity index (χ0v) is 22.8. The summed E-state index contributed by atoms with van der Waals surface area (Å²) in [5, 5.41) is 10.8. The number of aryl methyl sites for hydroxylation is 1. The lowest BCUT2D eigenvalue weighted by Crippen LogP contribution is -2.56. The van der Waals surface area contributed by atoms with Crippen molar-refractivity contribution in [1.82, 2.24) is 20.1 Å². The Hall–Kier alpha value is -3.20. The van der Waals surface area contributed by atoms with Crippen LogP contribution in [0.2, 0.25) is 0 Å². The summed E-state index contributed by atoms with van der Waals surface area (Å²) in [6, 6.07) is 7.53. The number of nitrogens with one attached hydrogen (secondary N) is 2. The van der Waals surface area contributed by atoms with Crippen LogP contribution in [0.3, 0.4) is 0 Å². The van der Waals surface area contributed by atoms with Crippen LogP contribution in [0.15, 0.2) is 34.8 Å². The van der Waals surface area contributed by atoms with Gasteiger partial charge in [0.2, 0.25) is 0 Å². The second kappa shape index (κ2) is 12.9. The summed E-state index contributed by atoms with van der Waals surface area (Å²) in [6.45, 7) is 16.2. The number of urea groups is 1. The maximum Gasteiger partial charge on any atom is 0.320 e. The summed E-state index contributed by atoms with van der Waals surface area (Å²) >= 11 is 0. The van der Waals surface area contributed by atoms with Crippen LogP contribution in [0, 0.1) is 18.3 Å². The van der Waals surface area contributed by atoms with Gasteiger partial charge in [0.05, 0.1) is 0 Å². The highest BCUT2D eigenvalue weighted by atomic mass is 16.4. The summed E-state index contributed by atoms with van der Waals surface area (Å²) in [7, 11) is 1.96. The number of likely N-dealkylation sites (tertiary alicyclic amines) is 1. The van der Waals surface area contributed by atoms with E-state index in [9.17, 15) is 4.79 Å². The molecule has 9 heteroatoms. The van der Waals surface area contributed by atoms with E-state index in [0.717, 1.165) is 79.8 Å². The Labute approximate surface area is 220 Å². The number of aromatic nitrogens is 1. The molecule has 9 nitrogen and oxygen atoms in total. The molecule has 2 N–H and O–H groups in total. The van der Waals surface area contributed by atoms with E-state index in [-0.39, 0.29) is 12.1 Å². The van der Waals surface area contributed by atoms with Crippen LogP contribution in [0.5, 0.6) is 0 Å². The number of amides is 2. The molecule has 2 saturated heterocycles. The van der Waals surface area contributed by atoms with Crippen molar-refractivity contribution in [2.24, 2.45) is 5.92 Å². The summed E-state index contributed by atoms with van der Waals surface area (Å²) in [5.41, 5.74) is 4.63. The Morgan fingerprint density at radius 3 is 2.43 bits per heavy atom. The van der Waals surface area contributed by atoms with Crippen LogP contribution < -0.4 is 10.2 Å². The lowest BCUT2D eigenvalue weighted by Gasteiger charge is -2.40. The number of anilines is 1. The van der Waals surface area contributed by atoms with Gasteiger partial charge in [0.25, 0.3) is 6.01 Å². The minimum absolute atomic E-state index is 0.187. The minimum Gasteiger partial charge on any atom is -0.423 e. The summed E-state index contributed by atoms with van der Waals surface area (Å²) in [6.07, 6.45) is 4.23. The normalized spacial score (nSPS) is 23.9. The maximum atomic E-state index is 12.6. The number of nitrogens with zero attached hydrogens (tertiary/aromatic N) is 4. The minimum atomic E-state index is 0.187. The number of piperazine rings is 1. The molecule has 37 heavy (non-hydrogen) atoms. The maximum absolute atomic E-state index is 12.6. The average molecular weight is 511 g/mol. The standard InChI is InChI=1S/C18H24N4O2.C9H16N2.CH2O/c1-13-6-5-7-15-16(13)19-17(24-15)22-11-10-21(12-14(22)2)18(23)20-8-3-4-9-20;1-6-4-8(11-3)5-9(10)7(6)2;1-2/h5-7,14H,3-4,8-12H2,1-2H3;6,8,10-11H,2,4-5H2,1,3H3;1H2/t14-;;/m0../s1. The first-order valence-corrected chi connectivity index (χ1v) is 13.2. The Bertz CT molecular complexity index is 1090. The van der Waals surface area contributed by atoms with Gasteiger partial charge in [-0.05, 0) is 63.3 Å². The van der Waals surface area contributed by atoms with Crippen LogP contribution in [-0.4, -0.2) is 85.2 Å². The molecule has 0 bridgehead atoms. The fourth-order valence-electron chi connectivity index (χ4n) is 5.27. The van der Waals surface area contributed by atoms with E-state index >= 15 is 0 Å². The van der Waals surface area contributed by atoms with E-state index in [1.165, 1.54) is 0 Å². The molecule has 1 aromatic heterocycles. The van der Waals surface area contributed by atoms with Gasteiger partial charge in [-0.3, -0.25) is 0 Å². The van der Waals surface area contributed by atoms with Crippen LogP contribution in [0.1, 0.15) is 45.1 Å². The topological polar surface area (TPSA) is 106 Å². The van der Waals surface area contributed by atoms with E-state index in [1.807, 2.05) is 48.8 Å². The SMILES string of the molecule is C=C1C(=N)CC(NC)CC1C.C=O.Cc1cccc2oc(N3CCN(C(=O)N4CCCC4)C[C@@H]3C)nc12. The van der Waals surface area contributed by atoms with Crippen molar-refractivity contribution in [3.05, 3.63) is 35.9 Å². The molecule has 1 aromatic carbocycles. The van der Waals surface area contributed by atoms with Gasteiger partial charge in [-0.1, -0.05) is 25.6 Å². The van der Waals surface area contributed by atoms with Gasteiger partial charge < -0.3 is 34.6 Å². The molecule has 3 atom stereocenters. The Morgan fingerprint density at radius 2 is 1.84 bits per heavy atom. The number of oxazole rings is 1. The first-order valence-electron chi connectivity index (χ1n) is 13.2. The first kappa shape index (κ1) is 28.4. The molecule has 3 fully saturated rings. The lowest BCUT2D eigenvalue weighted by atomic mass is 9.82. The molecule has 1 saturated carbocycles. The Kier molecular flexibility index (Phi) is 9.86. The molecule has 0 radical (unpaired) electrons. The fourth-order valence-corrected chi connectivity index (χ4v) is 5.27. The second-order valence-electron chi connectivity index (χ2n) is 10.2. The second-order valence-corrected chi connectivity index (χ2v) is 10.2. The predicted molar refractivity (Wildman–Crippen MR) is 149 cm³/mol. The highest BCUT2D eigenvalue weighted by Gasteiger charge is 2.32. The van der Waals surface area contributed by atoms with Crippen LogP contribution >= 0.6 is 0 Å². The number of carbonyl (C=O) groups is 2. The molecule has 202 valence electrons. The number of fused-ring (bicyclic) bond motifs is 1. The zero-order chi connectivity index (χ0) is 27.1. The van der Waals surface area contributed by atoms with Gasteiger partial charge >= 0.3 is 6.03 Å². The number of benzene rings is 1.